The SMILES string of the molecule is CC(C)(C)OC(=O)N(c1nnc(-c2cccc(Br)c2)s1)c1ccc2c(cnn2C(=O)OC(C)(C)C)c1Cl. The molecule has 0 unspecified atom stereocenters. The lowest BCUT2D eigenvalue weighted by atomic mass is 10.2. The Labute approximate surface area is 231 Å². The lowest BCUT2D eigenvalue weighted by Gasteiger charge is -2.26. The van der Waals surface area contributed by atoms with E-state index in [1.54, 1.807) is 53.7 Å². The van der Waals surface area contributed by atoms with Crippen molar-refractivity contribution in [3.8, 4) is 10.6 Å². The Morgan fingerprint density at radius 3 is 2.38 bits per heavy atom. The van der Waals surface area contributed by atoms with Gasteiger partial charge in [-0.2, -0.15) is 9.78 Å². The van der Waals surface area contributed by atoms with E-state index in [0.29, 0.717) is 21.6 Å². The van der Waals surface area contributed by atoms with Gasteiger partial charge < -0.3 is 9.47 Å². The predicted octanol–water partition coefficient (Wildman–Crippen LogP) is 7.83. The van der Waals surface area contributed by atoms with Crippen LogP contribution in [0.25, 0.3) is 21.5 Å². The maximum absolute atomic E-state index is 13.4. The van der Waals surface area contributed by atoms with Crippen molar-refractivity contribution in [3.05, 3.63) is 52.1 Å². The van der Waals surface area contributed by atoms with Crippen molar-refractivity contribution >= 4 is 72.8 Å². The molecule has 0 aliphatic carbocycles. The van der Waals surface area contributed by atoms with Gasteiger partial charge in [-0.3, -0.25) is 0 Å². The molecule has 0 aliphatic heterocycles. The summed E-state index contributed by atoms with van der Waals surface area (Å²) >= 11 is 11.5. The summed E-state index contributed by atoms with van der Waals surface area (Å²) in [5, 5.41) is 14.2. The highest BCUT2D eigenvalue weighted by Crippen LogP contribution is 2.40. The van der Waals surface area contributed by atoms with Gasteiger partial charge >= 0.3 is 12.2 Å². The molecule has 0 spiro atoms. The molecule has 2 aromatic carbocycles. The first kappa shape index (κ1) is 27.0. The largest absolute Gasteiger partial charge is 0.443 e. The van der Waals surface area contributed by atoms with E-state index in [-0.39, 0.29) is 10.2 Å². The zero-order chi connectivity index (χ0) is 27.1. The van der Waals surface area contributed by atoms with Gasteiger partial charge in [0, 0.05) is 15.4 Å². The first-order valence-corrected chi connectivity index (χ1v) is 13.2. The number of ether oxygens (including phenoxy) is 2. The summed E-state index contributed by atoms with van der Waals surface area (Å²) in [6, 6.07) is 10.9. The molecular weight excluding hydrogens is 582 g/mol. The number of nitrogens with zero attached hydrogens (tertiary/aromatic N) is 5. The average molecular weight is 607 g/mol. The number of carbonyl (C=O) groups excluding carboxylic acids is 2. The molecule has 0 aliphatic rings. The molecule has 1 amide bonds. The van der Waals surface area contributed by atoms with E-state index in [2.05, 4.69) is 31.2 Å². The van der Waals surface area contributed by atoms with Gasteiger partial charge in [0.05, 0.1) is 22.4 Å². The number of fused-ring (bicyclic) bond motifs is 1. The lowest BCUT2D eigenvalue weighted by molar-refractivity contribution is 0.0521. The van der Waals surface area contributed by atoms with Crippen LogP contribution in [0, 0.1) is 0 Å². The Bertz CT molecular complexity index is 1490. The molecule has 0 fully saturated rings. The van der Waals surface area contributed by atoms with Gasteiger partial charge in [-0.05, 0) is 65.8 Å². The van der Waals surface area contributed by atoms with E-state index in [0.717, 1.165) is 14.7 Å². The normalized spacial score (nSPS) is 12.0. The van der Waals surface area contributed by atoms with Gasteiger partial charge in [0.25, 0.3) is 0 Å². The number of rotatable bonds is 3. The van der Waals surface area contributed by atoms with Gasteiger partial charge in [-0.25, -0.2) is 14.5 Å². The zero-order valence-corrected chi connectivity index (χ0v) is 24.2. The van der Waals surface area contributed by atoms with Crippen LogP contribution in [0.4, 0.5) is 20.4 Å². The third-order valence-corrected chi connectivity index (χ3v) is 6.58. The van der Waals surface area contributed by atoms with Crippen LogP contribution in [0.5, 0.6) is 0 Å². The van der Waals surface area contributed by atoms with Crippen LogP contribution in [-0.2, 0) is 9.47 Å². The molecule has 2 heterocycles. The summed E-state index contributed by atoms with van der Waals surface area (Å²) in [5.74, 6) is 0. The van der Waals surface area contributed by atoms with E-state index in [9.17, 15) is 9.59 Å². The summed E-state index contributed by atoms with van der Waals surface area (Å²) in [7, 11) is 0. The Morgan fingerprint density at radius 2 is 1.73 bits per heavy atom. The van der Waals surface area contributed by atoms with Crippen LogP contribution >= 0.6 is 38.9 Å². The first-order valence-electron chi connectivity index (χ1n) is 11.3. The van der Waals surface area contributed by atoms with Crippen LogP contribution in [0.3, 0.4) is 0 Å². The van der Waals surface area contributed by atoms with Crippen LogP contribution in [0.2, 0.25) is 5.02 Å². The van der Waals surface area contributed by atoms with Crippen molar-refractivity contribution in [2.45, 2.75) is 52.7 Å². The number of benzene rings is 2. The summed E-state index contributed by atoms with van der Waals surface area (Å²) in [5.41, 5.74) is 0.104. The van der Waals surface area contributed by atoms with E-state index in [1.165, 1.54) is 22.4 Å². The zero-order valence-electron chi connectivity index (χ0n) is 21.1. The number of halogens is 2. The molecule has 0 saturated heterocycles. The molecular formula is C25H25BrClN5O4S. The minimum atomic E-state index is -0.772. The molecule has 194 valence electrons. The number of amides is 1. The molecule has 4 rings (SSSR count). The monoisotopic (exact) mass is 605 g/mol. The number of hydrogen-bond acceptors (Lipinski definition) is 8. The Balaban J connectivity index is 1.80. The number of hydrogen-bond donors (Lipinski definition) is 0. The van der Waals surface area contributed by atoms with E-state index >= 15 is 0 Å². The fourth-order valence-corrected chi connectivity index (χ4v) is 4.85. The Hall–Kier alpha value is -3.02. The molecule has 12 heteroatoms. The molecule has 37 heavy (non-hydrogen) atoms. The number of anilines is 2. The molecule has 9 nitrogen and oxygen atoms in total. The first-order chi connectivity index (χ1) is 17.2. The fraction of sp³-hybridized carbons (Fsp3) is 0.320. The second-order valence-electron chi connectivity index (χ2n) is 10.1. The molecule has 0 saturated carbocycles. The Kier molecular flexibility index (Phi) is 7.33. The van der Waals surface area contributed by atoms with Crippen LogP contribution in [0.1, 0.15) is 41.5 Å². The van der Waals surface area contributed by atoms with Gasteiger partial charge in [0.1, 0.15) is 16.2 Å². The maximum atomic E-state index is 13.4. The maximum Gasteiger partial charge on any atom is 0.435 e. The predicted molar refractivity (Wildman–Crippen MR) is 148 cm³/mol. The van der Waals surface area contributed by atoms with E-state index < -0.39 is 23.4 Å². The third kappa shape index (κ3) is 6.11. The highest BCUT2D eigenvalue weighted by Gasteiger charge is 2.31. The van der Waals surface area contributed by atoms with Crippen molar-refractivity contribution in [1.82, 2.24) is 20.0 Å². The van der Waals surface area contributed by atoms with Crippen LogP contribution in [0.15, 0.2) is 47.1 Å². The molecule has 0 bridgehead atoms. The molecule has 0 radical (unpaired) electrons. The average Bonchev–Trinajstić information content (AvgIpc) is 3.41. The summed E-state index contributed by atoms with van der Waals surface area (Å²) in [6.07, 6.45) is 0.133. The highest BCUT2D eigenvalue weighted by molar-refractivity contribution is 9.10. The van der Waals surface area contributed by atoms with E-state index in [4.69, 9.17) is 21.1 Å². The lowest BCUT2D eigenvalue weighted by Crippen LogP contribution is -2.34. The second kappa shape index (κ2) is 10.0. The summed E-state index contributed by atoms with van der Waals surface area (Å²) in [6.45, 7) is 10.6. The minimum Gasteiger partial charge on any atom is -0.443 e. The van der Waals surface area contributed by atoms with Crippen molar-refractivity contribution in [1.29, 1.82) is 0 Å². The number of aromatic nitrogens is 4. The highest BCUT2D eigenvalue weighted by atomic mass is 79.9. The summed E-state index contributed by atoms with van der Waals surface area (Å²) in [4.78, 5) is 27.3. The van der Waals surface area contributed by atoms with Crippen LogP contribution < -0.4 is 4.90 Å². The smallest absolute Gasteiger partial charge is 0.435 e. The second-order valence-corrected chi connectivity index (χ2v) is 12.3. The van der Waals surface area contributed by atoms with Crippen molar-refractivity contribution in [2.24, 2.45) is 0 Å². The van der Waals surface area contributed by atoms with Gasteiger partial charge in [-0.15, -0.1) is 10.2 Å². The molecule has 4 aromatic rings. The van der Waals surface area contributed by atoms with Gasteiger partial charge in [0.15, 0.2) is 0 Å². The number of carbonyl (C=O) groups is 2. The molecule has 0 atom stereocenters. The standard InChI is InChI=1S/C25H25BrClN5O4S/c1-24(2,3)35-22(33)31(21-30-29-20(37-21)14-8-7-9-15(26)12-14)18-11-10-17-16(19(18)27)13-28-32(17)23(34)36-25(4,5)6/h7-13H,1-6H3. The van der Waals surface area contributed by atoms with Crippen molar-refractivity contribution < 1.29 is 19.1 Å². The van der Waals surface area contributed by atoms with Crippen LogP contribution in [-0.4, -0.2) is 43.4 Å². The molecule has 2 aromatic heterocycles. The van der Waals surface area contributed by atoms with Gasteiger partial charge in [0.2, 0.25) is 5.13 Å². The topological polar surface area (TPSA) is 99.4 Å². The van der Waals surface area contributed by atoms with Gasteiger partial charge in [-0.1, -0.05) is 51.0 Å². The fourth-order valence-electron chi connectivity index (χ4n) is 3.31. The third-order valence-electron chi connectivity index (χ3n) is 4.73. The van der Waals surface area contributed by atoms with Crippen molar-refractivity contribution in [2.75, 3.05) is 4.90 Å². The van der Waals surface area contributed by atoms with Crippen molar-refractivity contribution in [3.63, 3.8) is 0 Å². The van der Waals surface area contributed by atoms with E-state index in [1.807, 2.05) is 24.3 Å². The summed E-state index contributed by atoms with van der Waals surface area (Å²) < 4.78 is 13.1. The Morgan fingerprint density at radius 1 is 1.03 bits per heavy atom. The minimum absolute atomic E-state index is 0.192. The molecule has 0 N–H and O–H groups in total. The quantitative estimate of drug-likeness (QED) is 0.234.